The van der Waals surface area contributed by atoms with Crippen LogP contribution in [-0.2, 0) is 0 Å². The van der Waals surface area contributed by atoms with Gasteiger partial charge in [-0.2, -0.15) is 0 Å². The molecule has 2 heteroatoms. The first-order valence-corrected chi connectivity index (χ1v) is 8.59. The van der Waals surface area contributed by atoms with Gasteiger partial charge in [-0.25, -0.2) is 0 Å². The van der Waals surface area contributed by atoms with E-state index in [0.29, 0.717) is 0 Å². The van der Waals surface area contributed by atoms with Gasteiger partial charge in [-0.3, -0.25) is 0 Å². The smallest absolute Gasteiger partial charge is 0.126 e. The Kier molecular flexibility index (Phi) is 8.91. The Morgan fingerprint density at radius 2 is 1.68 bits per heavy atom. The third kappa shape index (κ3) is 7.65. The molecule has 0 atom stereocenters. The molecule has 0 amide bonds. The van der Waals surface area contributed by atoms with Gasteiger partial charge in [0.1, 0.15) is 5.75 Å². The minimum atomic E-state index is 0.731. The molecule has 0 unspecified atom stereocenters. The summed E-state index contributed by atoms with van der Waals surface area (Å²) in [7, 11) is 0. The van der Waals surface area contributed by atoms with Crippen LogP contribution in [0.25, 0.3) is 6.08 Å². The number of para-hydroxylation sites is 1. The van der Waals surface area contributed by atoms with Crippen LogP contribution < -0.4 is 4.74 Å². The van der Waals surface area contributed by atoms with Crippen molar-refractivity contribution in [2.75, 3.05) is 26.2 Å². The molecule has 1 rings (SSSR count). The summed E-state index contributed by atoms with van der Waals surface area (Å²) >= 11 is 0. The SMILES string of the molecule is C=Cc1ccccc1OCCCCN(CC(C)C)CC(C)C. The van der Waals surface area contributed by atoms with Crippen molar-refractivity contribution in [2.24, 2.45) is 11.8 Å². The van der Waals surface area contributed by atoms with Gasteiger partial charge in [0, 0.05) is 18.7 Å². The van der Waals surface area contributed by atoms with E-state index in [4.69, 9.17) is 4.74 Å². The van der Waals surface area contributed by atoms with Gasteiger partial charge >= 0.3 is 0 Å². The van der Waals surface area contributed by atoms with E-state index in [-0.39, 0.29) is 0 Å². The second-order valence-electron chi connectivity index (χ2n) is 6.84. The molecule has 0 aliphatic heterocycles. The lowest BCUT2D eigenvalue weighted by Gasteiger charge is -2.26. The highest BCUT2D eigenvalue weighted by Gasteiger charge is 2.09. The zero-order valence-electron chi connectivity index (χ0n) is 14.8. The van der Waals surface area contributed by atoms with Gasteiger partial charge in [-0.1, -0.05) is 58.5 Å². The maximum atomic E-state index is 5.88. The molecule has 1 aromatic rings. The summed E-state index contributed by atoms with van der Waals surface area (Å²) in [6.07, 6.45) is 4.14. The molecule has 0 heterocycles. The Hall–Kier alpha value is -1.28. The fourth-order valence-corrected chi connectivity index (χ4v) is 2.69. The molecule has 1 aromatic carbocycles. The van der Waals surface area contributed by atoms with Gasteiger partial charge < -0.3 is 9.64 Å². The normalized spacial score (nSPS) is 11.4. The highest BCUT2D eigenvalue weighted by atomic mass is 16.5. The first-order valence-electron chi connectivity index (χ1n) is 8.59. The zero-order chi connectivity index (χ0) is 16.4. The van der Waals surface area contributed by atoms with Gasteiger partial charge in [-0.05, 0) is 37.3 Å². The number of benzene rings is 1. The van der Waals surface area contributed by atoms with E-state index in [1.165, 1.54) is 26.1 Å². The Labute approximate surface area is 137 Å². The molecule has 0 fully saturated rings. The van der Waals surface area contributed by atoms with Gasteiger partial charge in [0.15, 0.2) is 0 Å². The second kappa shape index (κ2) is 10.4. The molecule has 0 bridgehead atoms. The molecule has 0 radical (unpaired) electrons. The van der Waals surface area contributed by atoms with E-state index >= 15 is 0 Å². The summed E-state index contributed by atoms with van der Waals surface area (Å²) in [5.41, 5.74) is 1.07. The van der Waals surface area contributed by atoms with E-state index in [9.17, 15) is 0 Å². The molecule has 0 aliphatic rings. The summed E-state index contributed by atoms with van der Waals surface area (Å²) in [5.74, 6) is 2.41. The molecule has 0 saturated heterocycles. The third-order valence-corrected chi connectivity index (χ3v) is 3.51. The van der Waals surface area contributed by atoms with Crippen LogP contribution in [0.5, 0.6) is 5.75 Å². The minimum absolute atomic E-state index is 0.731. The minimum Gasteiger partial charge on any atom is -0.493 e. The van der Waals surface area contributed by atoms with E-state index in [2.05, 4.69) is 39.2 Å². The summed E-state index contributed by atoms with van der Waals surface area (Å²) < 4.78 is 5.88. The van der Waals surface area contributed by atoms with Crippen molar-refractivity contribution in [3.63, 3.8) is 0 Å². The van der Waals surface area contributed by atoms with Crippen molar-refractivity contribution < 1.29 is 4.74 Å². The number of ether oxygens (including phenoxy) is 1. The highest BCUT2D eigenvalue weighted by Crippen LogP contribution is 2.19. The molecule has 0 aliphatic carbocycles. The lowest BCUT2D eigenvalue weighted by molar-refractivity contribution is 0.208. The third-order valence-electron chi connectivity index (χ3n) is 3.51. The van der Waals surface area contributed by atoms with Crippen molar-refractivity contribution >= 4 is 6.08 Å². The van der Waals surface area contributed by atoms with E-state index in [0.717, 1.165) is 36.2 Å². The van der Waals surface area contributed by atoms with Crippen molar-refractivity contribution in [3.05, 3.63) is 36.4 Å². The summed E-state index contributed by atoms with van der Waals surface area (Å²) in [6, 6.07) is 8.07. The van der Waals surface area contributed by atoms with Gasteiger partial charge in [-0.15, -0.1) is 0 Å². The fraction of sp³-hybridized carbons (Fsp3) is 0.600. The Morgan fingerprint density at radius 1 is 1.05 bits per heavy atom. The van der Waals surface area contributed by atoms with Crippen LogP contribution in [0.4, 0.5) is 0 Å². The molecule has 0 aromatic heterocycles. The lowest BCUT2D eigenvalue weighted by atomic mass is 10.1. The molecule has 0 spiro atoms. The molecule has 0 saturated carbocycles. The van der Waals surface area contributed by atoms with Crippen LogP contribution in [0, 0.1) is 11.8 Å². The van der Waals surface area contributed by atoms with Gasteiger partial charge in [0.05, 0.1) is 6.61 Å². The van der Waals surface area contributed by atoms with E-state index in [1.54, 1.807) is 0 Å². The Balaban J connectivity index is 2.29. The largest absolute Gasteiger partial charge is 0.493 e. The molecule has 2 nitrogen and oxygen atoms in total. The monoisotopic (exact) mass is 303 g/mol. The molecule has 124 valence electrons. The quantitative estimate of drug-likeness (QED) is 0.527. The summed E-state index contributed by atoms with van der Waals surface area (Å²) in [4.78, 5) is 2.59. The number of hydrogen-bond acceptors (Lipinski definition) is 2. The Morgan fingerprint density at radius 3 is 2.27 bits per heavy atom. The Bertz CT molecular complexity index is 415. The van der Waals surface area contributed by atoms with E-state index in [1.807, 2.05) is 30.3 Å². The summed E-state index contributed by atoms with van der Waals surface area (Å²) in [5, 5.41) is 0. The van der Waals surface area contributed by atoms with Crippen molar-refractivity contribution in [1.29, 1.82) is 0 Å². The average Bonchev–Trinajstić information content (AvgIpc) is 2.46. The predicted molar refractivity (Wildman–Crippen MR) is 97.4 cm³/mol. The zero-order valence-corrected chi connectivity index (χ0v) is 14.8. The molecule has 0 N–H and O–H groups in total. The van der Waals surface area contributed by atoms with Crippen molar-refractivity contribution in [2.45, 2.75) is 40.5 Å². The molecular formula is C20H33NO. The van der Waals surface area contributed by atoms with Gasteiger partial charge in [0.25, 0.3) is 0 Å². The number of unbranched alkanes of at least 4 members (excludes halogenated alkanes) is 1. The lowest BCUT2D eigenvalue weighted by Crippen LogP contribution is -2.32. The number of nitrogens with zero attached hydrogens (tertiary/aromatic N) is 1. The van der Waals surface area contributed by atoms with Crippen molar-refractivity contribution in [3.8, 4) is 5.75 Å². The number of rotatable bonds is 11. The van der Waals surface area contributed by atoms with E-state index < -0.39 is 0 Å². The van der Waals surface area contributed by atoms with Crippen LogP contribution in [0.1, 0.15) is 46.1 Å². The maximum absolute atomic E-state index is 5.88. The standard InChI is InChI=1S/C20H33NO/c1-6-19-11-7-8-12-20(19)22-14-10-9-13-21(15-17(2)3)16-18(4)5/h6-8,11-12,17-18H,1,9-10,13-16H2,2-5H3. The molecular weight excluding hydrogens is 270 g/mol. The van der Waals surface area contributed by atoms with Crippen LogP contribution in [-0.4, -0.2) is 31.1 Å². The fourth-order valence-electron chi connectivity index (χ4n) is 2.69. The van der Waals surface area contributed by atoms with Gasteiger partial charge in [0.2, 0.25) is 0 Å². The van der Waals surface area contributed by atoms with Crippen LogP contribution in [0.15, 0.2) is 30.8 Å². The predicted octanol–water partition coefficient (Wildman–Crippen LogP) is 5.10. The van der Waals surface area contributed by atoms with Crippen LogP contribution in [0.2, 0.25) is 0 Å². The topological polar surface area (TPSA) is 12.5 Å². The first kappa shape index (κ1) is 18.8. The second-order valence-corrected chi connectivity index (χ2v) is 6.84. The molecule has 22 heavy (non-hydrogen) atoms. The number of hydrogen-bond donors (Lipinski definition) is 0. The maximum Gasteiger partial charge on any atom is 0.126 e. The summed E-state index contributed by atoms with van der Waals surface area (Å²) in [6.45, 7) is 17.3. The highest BCUT2D eigenvalue weighted by molar-refractivity contribution is 5.55. The average molecular weight is 303 g/mol. The van der Waals surface area contributed by atoms with Crippen molar-refractivity contribution in [1.82, 2.24) is 4.90 Å². The first-order chi connectivity index (χ1) is 10.5. The van der Waals surface area contributed by atoms with Crippen LogP contribution >= 0.6 is 0 Å². The van der Waals surface area contributed by atoms with Crippen LogP contribution in [0.3, 0.4) is 0 Å².